The molecular formula is C21H18N2O4. The minimum absolute atomic E-state index is 0.267. The maximum Gasteiger partial charge on any atom is 0.338 e. The van der Waals surface area contributed by atoms with Crippen LogP contribution in [0.4, 0.5) is 5.69 Å². The van der Waals surface area contributed by atoms with Gasteiger partial charge in [0, 0.05) is 22.8 Å². The second-order valence-electron chi connectivity index (χ2n) is 5.76. The SMILES string of the molecule is CCOC(=O)c1ccc(NC(=O)/C=C/c2cc3ccccc3[nH]c2=O)cc1. The molecule has 6 heteroatoms. The Hall–Kier alpha value is -3.67. The standard InChI is InChI=1S/C21H18N2O4/c1-2-27-21(26)14-7-10-17(11-8-14)22-19(24)12-9-16-13-15-5-3-4-6-18(15)23-20(16)25/h3-13H,2H2,1H3,(H,22,24)(H,23,25)/b12-9+. The Balaban J connectivity index is 1.69. The molecule has 0 bridgehead atoms. The maximum atomic E-state index is 12.1. The molecule has 3 rings (SSSR count). The number of fused-ring (bicyclic) bond motifs is 1. The van der Waals surface area contributed by atoms with Crippen molar-refractivity contribution in [3.8, 4) is 0 Å². The Bertz CT molecular complexity index is 1070. The molecule has 0 atom stereocenters. The summed E-state index contributed by atoms with van der Waals surface area (Å²) >= 11 is 0. The number of H-pyrrole nitrogens is 1. The molecule has 1 heterocycles. The van der Waals surface area contributed by atoms with Crippen LogP contribution in [0, 0.1) is 0 Å². The number of aromatic nitrogens is 1. The van der Waals surface area contributed by atoms with Gasteiger partial charge in [-0.1, -0.05) is 18.2 Å². The predicted molar refractivity (Wildman–Crippen MR) is 105 cm³/mol. The lowest BCUT2D eigenvalue weighted by molar-refractivity contribution is -0.111. The van der Waals surface area contributed by atoms with E-state index >= 15 is 0 Å². The van der Waals surface area contributed by atoms with Crippen molar-refractivity contribution in [3.05, 3.63) is 82.2 Å². The van der Waals surface area contributed by atoms with E-state index in [1.54, 1.807) is 37.3 Å². The highest BCUT2D eigenvalue weighted by Crippen LogP contribution is 2.12. The largest absolute Gasteiger partial charge is 0.462 e. The van der Waals surface area contributed by atoms with Crippen molar-refractivity contribution < 1.29 is 14.3 Å². The molecule has 0 radical (unpaired) electrons. The van der Waals surface area contributed by atoms with Gasteiger partial charge in [0.1, 0.15) is 0 Å². The normalized spacial score (nSPS) is 10.9. The number of rotatable bonds is 5. The number of anilines is 1. The van der Waals surface area contributed by atoms with Crippen molar-refractivity contribution in [1.82, 2.24) is 4.98 Å². The zero-order valence-electron chi connectivity index (χ0n) is 14.7. The third-order valence-corrected chi connectivity index (χ3v) is 3.86. The highest BCUT2D eigenvalue weighted by atomic mass is 16.5. The first kappa shape index (κ1) is 18.1. The number of benzene rings is 2. The smallest absolute Gasteiger partial charge is 0.338 e. The van der Waals surface area contributed by atoms with Gasteiger partial charge in [-0.3, -0.25) is 9.59 Å². The molecule has 27 heavy (non-hydrogen) atoms. The van der Waals surface area contributed by atoms with E-state index < -0.39 is 5.97 Å². The Morgan fingerprint density at radius 3 is 2.59 bits per heavy atom. The summed E-state index contributed by atoms with van der Waals surface area (Å²) in [6, 6.07) is 15.5. The van der Waals surface area contributed by atoms with Crippen molar-refractivity contribution in [2.45, 2.75) is 6.92 Å². The van der Waals surface area contributed by atoms with Crippen molar-refractivity contribution in [1.29, 1.82) is 0 Å². The van der Waals surface area contributed by atoms with Crippen LogP contribution in [0.25, 0.3) is 17.0 Å². The molecule has 0 spiro atoms. The number of para-hydroxylation sites is 1. The lowest BCUT2D eigenvalue weighted by Gasteiger charge is -2.04. The molecule has 0 aliphatic carbocycles. The van der Waals surface area contributed by atoms with Gasteiger partial charge in [0.05, 0.1) is 12.2 Å². The monoisotopic (exact) mass is 362 g/mol. The third-order valence-electron chi connectivity index (χ3n) is 3.86. The van der Waals surface area contributed by atoms with Gasteiger partial charge in [-0.2, -0.15) is 0 Å². The van der Waals surface area contributed by atoms with E-state index in [1.165, 1.54) is 12.2 Å². The first-order valence-corrected chi connectivity index (χ1v) is 8.45. The van der Waals surface area contributed by atoms with Crippen LogP contribution in [0.1, 0.15) is 22.8 Å². The first-order valence-electron chi connectivity index (χ1n) is 8.45. The van der Waals surface area contributed by atoms with Gasteiger partial charge >= 0.3 is 5.97 Å². The van der Waals surface area contributed by atoms with Gasteiger partial charge in [0.15, 0.2) is 0 Å². The number of ether oxygens (including phenoxy) is 1. The second kappa shape index (κ2) is 8.14. The lowest BCUT2D eigenvalue weighted by atomic mass is 10.1. The minimum Gasteiger partial charge on any atom is -0.462 e. The number of esters is 1. The Kier molecular flexibility index (Phi) is 5.47. The molecule has 3 aromatic rings. The van der Waals surface area contributed by atoms with E-state index in [0.717, 1.165) is 10.9 Å². The summed E-state index contributed by atoms with van der Waals surface area (Å²) < 4.78 is 4.91. The van der Waals surface area contributed by atoms with Crippen LogP contribution in [0.3, 0.4) is 0 Å². The Labute approximate surface area is 155 Å². The molecule has 0 aliphatic heterocycles. The van der Waals surface area contributed by atoms with Crippen molar-refractivity contribution in [3.63, 3.8) is 0 Å². The molecule has 136 valence electrons. The molecule has 0 unspecified atom stereocenters. The van der Waals surface area contributed by atoms with E-state index in [9.17, 15) is 14.4 Å². The maximum absolute atomic E-state index is 12.1. The van der Waals surface area contributed by atoms with Crippen molar-refractivity contribution in [2.75, 3.05) is 11.9 Å². The second-order valence-corrected chi connectivity index (χ2v) is 5.76. The predicted octanol–water partition coefficient (Wildman–Crippen LogP) is 3.36. The van der Waals surface area contributed by atoms with Gasteiger partial charge in [0.25, 0.3) is 5.56 Å². The molecule has 2 aromatic carbocycles. The van der Waals surface area contributed by atoms with Gasteiger partial charge in [-0.25, -0.2) is 4.79 Å². The number of hydrogen-bond donors (Lipinski definition) is 2. The number of carbonyl (C=O) groups is 2. The molecular weight excluding hydrogens is 344 g/mol. The lowest BCUT2D eigenvalue weighted by Crippen LogP contribution is -2.11. The fraction of sp³-hybridized carbons (Fsp3) is 0.0952. The molecule has 1 amide bonds. The number of aromatic amines is 1. The highest BCUT2D eigenvalue weighted by Gasteiger charge is 2.06. The third kappa shape index (κ3) is 4.49. The average molecular weight is 362 g/mol. The molecule has 0 aliphatic rings. The Morgan fingerprint density at radius 2 is 1.85 bits per heavy atom. The van der Waals surface area contributed by atoms with Gasteiger partial charge in [-0.05, 0) is 54.8 Å². The topological polar surface area (TPSA) is 88.3 Å². The molecule has 2 N–H and O–H groups in total. The fourth-order valence-corrected chi connectivity index (χ4v) is 2.54. The van der Waals surface area contributed by atoms with E-state index in [0.29, 0.717) is 23.4 Å². The molecule has 0 saturated carbocycles. The van der Waals surface area contributed by atoms with Crippen LogP contribution in [-0.2, 0) is 9.53 Å². The molecule has 0 fully saturated rings. The number of nitrogens with one attached hydrogen (secondary N) is 2. The van der Waals surface area contributed by atoms with Crippen LogP contribution >= 0.6 is 0 Å². The van der Waals surface area contributed by atoms with Gasteiger partial charge in [-0.15, -0.1) is 0 Å². The van der Waals surface area contributed by atoms with Crippen LogP contribution in [0.5, 0.6) is 0 Å². The number of hydrogen-bond acceptors (Lipinski definition) is 4. The van der Waals surface area contributed by atoms with Gasteiger partial charge in [0.2, 0.25) is 5.91 Å². The molecule has 6 nitrogen and oxygen atoms in total. The van der Waals surface area contributed by atoms with Crippen LogP contribution in [0.15, 0.2) is 65.5 Å². The molecule has 1 aromatic heterocycles. The summed E-state index contributed by atoms with van der Waals surface area (Å²) in [5, 5.41) is 3.56. The number of amides is 1. The number of carbonyl (C=O) groups excluding carboxylic acids is 2. The quantitative estimate of drug-likeness (QED) is 0.538. The molecule has 0 saturated heterocycles. The fourth-order valence-electron chi connectivity index (χ4n) is 2.54. The summed E-state index contributed by atoms with van der Waals surface area (Å²) in [5.41, 5.74) is 1.81. The minimum atomic E-state index is -0.411. The summed E-state index contributed by atoms with van der Waals surface area (Å²) in [5.74, 6) is -0.794. The van der Waals surface area contributed by atoms with Crippen molar-refractivity contribution in [2.24, 2.45) is 0 Å². The van der Waals surface area contributed by atoms with Crippen LogP contribution in [-0.4, -0.2) is 23.5 Å². The summed E-state index contributed by atoms with van der Waals surface area (Å²) in [4.78, 5) is 38.5. The summed E-state index contributed by atoms with van der Waals surface area (Å²) in [6.45, 7) is 2.04. The van der Waals surface area contributed by atoms with E-state index in [4.69, 9.17) is 4.74 Å². The average Bonchev–Trinajstić information content (AvgIpc) is 2.67. The zero-order chi connectivity index (χ0) is 19.2. The van der Waals surface area contributed by atoms with Crippen molar-refractivity contribution >= 4 is 34.5 Å². The Morgan fingerprint density at radius 1 is 1.11 bits per heavy atom. The summed E-state index contributed by atoms with van der Waals surface area (Å²) in [6.07, 6.45) is 2.76. The highest BCUT2D eigenvalue weighted by molar-refractivity contribution is 6.02. The van der Waals surface area contributed by atoms with E-state index in [2.05, 4.69) is 10.3 Å². The zero-order valence-corrected chi connectivity index (χ0v) is 14.7. The number of pyridine rings is 1. The van der Waals surface area contributed by atoms with Gasteiger partial charge < -0.3 is 15.0 Å². The summed E-state index contributed by atoms with van der Waals surface area (Å²) in [7, 11) is 0. The van der Waals surface area contributed by atoms with Crippen LogP contribution < -0.4 is 10.9 Å². The first-order chi connectivity index (χ1) is 13.1. The van der Waals surface area contributed by atoms with E-state index in [-0.39, 0.29) is 11.5 Å². The van der Waals surface area contributed by atoms with E-state index in [1.807, 2.05) is 24.3 Å². The van der Waals surface area contributed by atoms with Crippen LogP contribution in [0.2, 0.25) is 0 Å².